The molecule has 0 atom stereocenters. The first kappa shape index (κ1) is 15.6. The van der Waals surface area contributed by atoms with E-state index in [1.165, 1.54) is 16.7 Å². The summed E-state index contributed by atoms with van der Waals surface area (Å²) in [5.74, 6) is 0. The maximum absolute atomic E-state index is 11.9. The van der Waals surface area contributed by atoms with E-state index in [0.29, 0.717) is 19.4 Å². The van der Waals surface area contributed by atoms with E-state index in [9.17, 15) is 9.90 Å². The summed E-state index contributed by atoms with van der Waals surface area (Å²) in [6.07, 6.45) is 1.98. The number of fused-ring (bicyclic) bond motifs is 1. The predicted octanol–water partition coefficient (Wildman–Crippen LogP) is 2.06. The van der Waals surface area contributed by atoms with Gasteiger partial charge in [0.1, 0.15) is 0 Å². The van der Waals surface area contributed by atoms with Crippen LogP contribution in [0, 0.1) is 0 Å². The summed E-state index contributed by atoms with van der Waals surface area (Å²) in [5, 5.41) is 16.2. The number of benzene rings is 2. The third-order valence-corrected chi connectivity index (χ3v) is 4.28. The highest BCUT2D eigenvalue weighted by molar-refractivity contribution is 5.73. The third kappa shape index (κ3) is 4.11. The summed E-state index contributed by atoms with van der Waals surface area (Å²) in [6, 6.07) is 17.8. The van der Waals surface area contributed by atoms with Crippen LogP contribution in [0.1, 0.15) is 16.7 Å². The van der Waals surface area contributed by atoms with Crippen molar-refractivity contribution in [3.05, 3.63) is 71.3 Å². The Morgan fingerprint density at radius 1 is 0.957 bits per heavy atom. The molecule has 1 aliphatic rings. The highest BCUT2D eigenvalue weighted by atomic mass is 16.3. The van der Waals surface area contributed by atoms with Gasteiger partial charge >= 0.3 is 6.03 Å². The number of aliphatic hydroxyl groups is 1. The van der Waals surface area contributed by atoms with Gasteiger partial charge in [0.25, 0.3) is 0 Å². The Morgan fingerprint density at radius 2 is 1.57 bits per heavy atom. The van der Waals surface area contributed by atoms with Gasteiger partial charge in [-0.15, -0.1) is 0 Å². The molecule has 0 aromatic heterocycles. The zero-order chi connectivity index (χ0) is 16.1. The van der Waals surface area contributed by atoms with Crippen molar-refractivity contribution in [2.24, 2.45) is 0 Å². The fourth-order valence-corrected chi connectivity index (χ4v) is 3.07. The molecule has 0 bridgehead atoms. The fraction of sp³-hybridized carbons (Fsp3) is 0.316. The van der Waals surface area contributed by atoms with Gasteiger partial charge in [0.2, 0.25) is 0 Å². The lowest BCUT2D eigenvalue weighted by molar-refractivity contribution is 0.0536. The molecule has 3 rings (SSSR count). The van der Waals surface area contributed by atoms with Crippen molar-refractivity contribution < 1.29 is 9.90 Å². The normalized spacial score (nSPS) is 15.0. The van der Waals surface area contributed by atoms with Gasteiger partial charge in [-0.05, 0) is 23.1 Å². The standard InChI is InChI=1S/C19H22N2O2/c22-18(20-11-10-15-6-2-1-3-7-15)21-14-19(23)12-16-8-4-5-9-17(16)13-19/h1-9,23H,10-14H2,(H2,20,21,22). The van der Waals surface area contributed by atoms with E-state index in [4.69, 9.17) is 0 Å². The van der Waals surface area contributed by atoms with E-state index in [0.717, 1.165) is 6.42 Å². The third-order valence-electron chi connectivity index (χ3n) is 4.28. The minimum absolute atomic E-state index is 0.231. The van der Waals surface area contributed by atoms with Gasteiger partial charge in [0, 0.05) is 25.9 Å². The van der Waals surface area contributed by atoms with Gasteiger partial charge in [-0.25, -0.2) is 4.79 Å². The van der Waals surface area contributed by atoms with Crippen LogP contribution in [-0.4, -0.2) is 29.8 Å². The van der Waals surface area contributed by atoms with Crippen LogP contribution < -0.4 is 10.6 Å². The first-order valence-corrected chi connectivity index (χ1v) is 7.99. The topological polar surface area (TPSA) is 61.4 Å². The molecule has 0 spiro atoms. The summed E-state index contributed by atoms with van der Waals surface area (Å²) in [7, 11) is 0. The number of urea groups is 1. The highest BCUT2D eigenvalue weighted by Crippen LogP contribution is 2.29. The van der Waals surface area contributed by atoms with Gasteiger partial charge < -0.3 is 15.7 Å². The molecule has 120 valence electrons. The van der Waals surface area contributed by atoms with Crippen molar-refractivity contribution in [3.8, 4) is 0 Å². The van der Waals surface area contributed by atoms with E-state index < -0.39 is 5.60 Å². The Kier molecular flexibility index (Phi) is 4.63. The Bertz CT molecular complexity index is 645. The summed E-state index contributed by atoms with van der Waals surface area (Å²) in [4.78, 5) is 11.9. The molecule has 0 radical (unpaired) electrons. The van der Waals surface area contributed by atoms with Crippen LogP contribution >= 0.6 is 0 Å². The van der Waals surface area contributed by atoms with Gasteiger partial charge in [0.15, 0.2) is 0 Å². The molecule has 4 heteroatoms. The molecule has 2 aromatic rings. The van der Waals surface area contributed by atoms with Crippen LogP contribution in [0.15, 0.2) is 54.6 Å². The minimum Gasteiger partial charge on any atom is -0.387 e. The van der Waals surface area contributed by atoms with Crippen molar-refractivity contribution in [2.75, 3.05) is 13.1 Å². The van der Waals surface area contributed by atoms with Gasteiger partial charge in [-0.3, -0.25) is 0 Å². The second-order valence-electron chi connectivity index (χ2n) is 6.19. The van der Waals surface area contributed by atoms with Gasteiger partial charge in [0.05, 0.1) is 5.60 Å². The van der Waals surface area contributed by atoms with Crippen molar-refractivity contribution in [3.63, 3.8) is 0 Å². The maximum atomic E-state index is 11.9. The van der Waals surface area contributed by atoms with Crippen molar-refractivity contribution in [1.82, 2.24) is 10.6 Å². The highest BCUT2D eigenvalue weighted by Gasteiger charge is 2.35. The number of carbonyl (C=O) groups is 1. The van der Waals surface area contributed by atoms with Gasteiger partial charge in [-0.2, -0.15) is 0 Å². The zero-order valence-corrected chi connectivity index (χ0v) is 13.1. The van der Waals surface area contributed by atoms with E-state index >= 15 is 0 Å². The molecule has 23 heavy (non-hydrogen) atoms. The molecule has 0 unspecified atom stereocenters. The number of rotatable bonds is 5. The Balaban J connectivity index is 1.41. The lowest BCUT2D eigenvalue weighted by Crippen LogP contribution is -2.47. The number of hydrogen-bond donors (Lipinski definition) is 3. The molecular formula is C19H22N2O2. The summed E-state index contributed by atoms with van der Waals surface area (Å²) in [6.45, 7) is 0.841. The number of carbonyl (C=O) groups excluding carboxylic acids is 1. The van der Waals surface area contributed by atoms with E-state index in [-0.39, 0.29) is 12.6 Å². The average molecular weight is 310 g/mol. The van der Waals surface area contributed by atoms with Crippen LogP contribution in [0.3, 0.4) is 0 Å². The molecule has 4 nitrogen and oxygen atoms in total. The second kappa shape index (κ2) is 6.84. The first-order chi connectivity index (χ1) is 11.1. The fourth-order valence-electron chi connectivity index (χ4n) is 3.07. The molecule has 0 saturated carbocycles. The van der Waals surface area contributed by atoms with Crippen LogP contribution in [-0.2, 0) is 19.3 Å². The number of hydrogen-bond acceptors (Lipinski definition) is 2. The Morgan fingerprint density at radius 3 is 2.22 bits per heavy atom. The molecular weight excluding hydrogens is 288 g/mol. The lowest BCUT2D eigenvalue weighted by Gasteiger charge is -2.22. The average Bonchev–Trinajstić information content (AvgIpc) is 2.91. The first-order valence-electron chi connectivity index (χ1n) is 7.99. The smallest absolute Gasteiger partial charge is 0.314 e. The monoisotopic (exact) mass is 310 g/mol. The zero-order valence-electron chi connectivity index (χ0n) is 13.1. The van der Waals surface area contributed by atoms with Crippen molar-refractivity contribution in [2.45, 2.75) is 24.9 Å². The summed E-state index contributed by atoms with van der Waals surface area (Å²) < 4.78 is 0. The Hall–Kier alpha value is -2.33. The molecule has 2 aromatic carbocycles. The molecule has 1 aliphatic carbocycles. The Labute approximate surface area is 136 Å². The van der Waals surface area contributed by atoms with Crippen LogP contribution in [0.5, 0.6) is 0 Å². The SMILES string of the molecule is O=C(NCCc1ccccc1)NCC1(O)Cc2ccccc2C1. The largest absolute Gasteiger partial charge is 0.387 e. The number of nitrogens with one attached hydrogen (secondary N) is 2. The van der Waals surface area contributed by atoms with Crippen molar-refractivity contribution >= 4 is 6.03 Å². The summed E-state index contributed by atoms with van der Waals surface area (Å²) in [5.41, 5.74) is 2.65. The van der Waals surface area contributed by atoms with Gasteiger partial charge in [-0.1, -0.05) is 54.6 Å². The van der Waals surface area contributed by atoms with Crippen molar-refractivity contribution in [1.29, 1.82) is 0 Å². The molecule has 0 heterocycles. The number of amides is 2. The van der Waals surface area contributed by atoms with Crippen LogP contribution in [0.25, 0.3) is 0 Å². The second-order valence-corrected chi connectivity index (χ2v) is 6.19. The maximum Gasteiger partial charge on any atom is 0.314 e. The van der Waals surface area contributed by atoms with Crippen LogP contribution in [0.2, 0.25) is 0 Å². The molecule has 2 amide bonds. The summed E-state index contributed by atoms with van der Waals surface area (Å²) >= 11 is 0. The molecule has 0 aliphatic heterocycles. The minimum atomic E-state index is -0.875. The molecule has 0 fully saturated rings. The van der Waals surface area contributed by atoms with E-state index in [1.807, 2.05) is 54.6 Å². The molecule has 0 saturated heterocycles. The lowest BCUT2D eigenvalue weighted by atomic mass is 10.0. The van der Waals surface area contributed by atoms with E-state index in [2.05, 4.69) is 10.6 Å². The van der Waals surface area contributed by atoms with Crippen LogP contribution in [0.4, 0.5) is 4.79 Å². The predicted molar refractivity (Wildman–Crippen MR) is 90.3 cm³/mol. The van der Waals surface area contributed by atoms with E-state index in [1.54, 1.807) is 0 Å². The molecule has 3 N–H and O–H groups in total. The quantitative estimate of drug-likeness (QED) is 0.791.